The van der Waals surface area contributed by atoms with Crippen LogP contribution in [0.25, 0.3) is 0 Å². The number of hydrazine groups is 1. The molecule has 80 valence electrons. The first kappa shape index (κ1) is 11.1. The SMILES string of the molecule is C1=CNCCCC1.C1=CONNCC1. The lowest BCUT2D eigenvalue weighted by Crippen LogP contribution is -2.29. The summed E-state index contributed by atoms with van der Waals surface area (Å²) in [5, 5.41) is 3.17. The van der Waals surface area contributed by atoms with E-state index in [1.165, 1.54) is 19.3 Å². The zero-order chi connectivity index (χ0) is 9.90. The van der Waals surface area contributed by atoms with Crippen LogP contribution in [0.15, 0.2) is 24.6 Å². The van der Waals surface area contributed by atoms with Crippen LogP contribution >= 0.6 is 0 Å². The Hall–Kier alpha value is -1.00. The van der Waals surface area contributed by atoms with E-state index in [4.69, 9.17) is 0 Å². The highest BCUT2D eigenvalue weighted by molar-refractivity contribution is 4.81. The van der Waals surface area contributed by atoms with Gasteiger partial charge in [-0.05, 0) is 38.0 Å². The largest absolute Gasteiger partial charge is 0.402 e. The Morgan fingerprint density at radius 1 is 1.00 bits per heavy atom. The molecule has 0 aromatic heterocycles. The van der Waals surface area contributed by atoms with Crippen molar-refractivity contribution >= 4 is 0 Å². The molecule has 0 bridgehead atoms. The molecule has 0 saturated carbocycles. The van der Waals surface area contributed by atoms with Crippen molar-refractivity contribution in [2.45, 2.75) is 25.7 Å². The normalized spacial score (nSPS) is 20.6. The second-order valence-electron chi connectivity index (χ2n) is 3.16. The minimum atomic E-state index is 0.927. The van der Waals surface area contributed by atoms with E-state index in [0.29, 0.717) is 0 Å². The summed E-state index contributed by atoms with van der Waals surface area (Å²) in [4.78, 5) is 4.65. The van der Waals surface area contributed by atoms with Gasteiger partial charge < -0.3 is 10.2 Å². The molecule has 4 heteroatoms. The Kier molecular flexibility index (Phi) is 6.80. The van der Waals surface area contributed by atoms with E-state index in [-0.39, 0.29) is 0 Å². The van der Waals surface area contributed by atoms with Crippen molar-refractivity contribution in [2.24, 2.45) is 0 Å². The third kappa shape index (κ3) is 6.51. The van der Waals surface area contributed by atoms with E-state index >= 15 is 0 Å². The summed E-state index contributed by atoms with van der Waals surface area (Å²) in [6.45, 7) is 2.09. The monoisotopic (exact) mass is 197 g/mol. The number of nitrogens with one attached hydrogen (secondary N) is 3. The molecule has 0 aromatic carbocycles. The fourth-order valence-electron chi connectivity index (χ4n) is 1.14. The highest BCUT2D eigenvalue weighted by Crippen LogP contribution is 1.97. The van der Waals surface area contributed by atoms with Crippen LogP contribution in [0.4, 0.5) is 0 Å². The van der Waals surface area contributed by atoms with Crippen molar-refractivity contribution in [3.63, 3.8) is 0 Å². The smallest absolute Gasteiger partial charge is 0.109 e. The maximum Gasteiger partial charge on any atom is 0.109 e. The predicted octanol–water partition coefficient (Wildman–Crippen LogP) is 1.20. The van der Waals surface area contributed by atoms with Crippen LogP contribution in [-0.2, 0) is 4.84 Å². The summed E-state index contributed by atoms with van der Waals surface area (Å²) in [5.41, 5.74) is 5.32. The zero-order valence-electron chi connectivity index (χ0n) is 8.46. The van der Waals surface area contributed by atoms with E-state index in [0.717, 1.165) is 19.5 Å². The van der Waals surface area contributed by atoms with Gasteiger partial charge in [-0.15, -0.1) is 0 Å². The number of rotatable bonds is 0. The first-order chi connectivity index (χ1) is 7.00. The molecule has 2 aliphatic rings. The lowest BCUT2D eigenvalue weighted by Gasteiger charge is -1.96. The van der Waals surface area contributed by atoms with Gasteiger partial charge in [-0.3, -0.25) is 0 Å². The fourth-order valence-corrected chi connectivity index (χ4v) is 1.14. The summed E-state index contributed by atoms with van der Waals surface area (Å²) in [6.07, 6.45) is 12.8. The highest BCUT2D eigenvalue weighted by Gasteiger charge is 1.87. The molecule has 0 aliphatic carbocycles. The van der Waals surface area contributed by atoms with Gasteiger partial charge in [0, 0.05) is 13.1 Å². The van der Waals surface area contributed by atoms with E-state index in [9.17, 15) is 0 Å². The molecule has 0 aromatic rings. The molecule has 2 aliphatic heterocycles. The van der Waals surface area contributed by atoms with Gasteiger partial charge in [0.15, 0.2) is 0 Å². The summed E-state index contributed by atoms with van der Waals surface area (Å²) in [5.74, 6) is 0. The molecule has 0 unspecified atom stereocenters. The lowest BCUT2D eigenvalue weighted by atomic mass is 10.2. The van der Waals surface area contributed by atoms with E-state index in [1.807, 2.05) is 12.3 Å². The average Bonchev–Trinajstić information content (AvgIpc) is 2.68. The molecule has 14 heavy (non-hydrogen) atoms. The molecule has 0 atom stereocenters. The van der Waals surface area contributed by atoms with Crippen molar-refractivity contribution in [3.8, 4) is 0 Å². The molecule has 0 fully saturated rings. The van der Waals surface area contributed by atoms with Crippen molar-refractivity contribution in [3.05, 3.63) is 24.6 Å². The lowest BCUT2D eigenvalue weighted by molar-refractivity contribution is 0.101. The second kappa shape index (κ2) is 8.59. The average molecular weight is 197 g/mol. The topological polar surface area (TPSA) is 45.3 Å². The van der Waals surface area contributed by atoms with Crippen LogP contribution < -0.4 is 16.3 Å². The van der Waals surface area contributed by atoms with Gasteiger partial charge in [0.05, 0.1) is 0 Å². The Labute approximate surface area is 85.3 Å². The van der Waals surface area contributed by atoms with Gasteiger partial charge in [-0.25, -0.2) is 5.43 Å². The number of hydrogen-bond donors (Lipinski definition) is 3. The van der Waals surface area contributed by atoms with Gasteiger partial charge in [-0.2, -0.15) is 0 Å². The maximum absolute atomic E-state index is 4.65. The quantitative estimate of drug-likeness (QED) is 0.546. The predicted molar refractivity (Wildman–Crippen MR) is 57.0 cm³/mol. The van der Waals surface area contributed by atoms with Crippen LogP contribution in [-0.4, -0.2) is 13.1 Å². The van der Waals surface area contributed by atoms with Gasteiger partial charge in [0.1, 0.15) is 6.26 Å². The van der Waals surface area contributed by atoms with Crippen LogP contribution in [0.2, 0.25) is 0 Å². The molecule has 2 heterocycles. The summed E-state index contributed by atoms with van der Waals surface area (Å²) < 4.78 is 0. The Morgan fingerprint density at radius 2 is 2.00 bits per heavy atom. The van der Waals surface area contributed by atoms with E-state index in [1.54, 1.807) is 6.26 Å². The van der Waals surface area contributed by atoms with Crippen LogP contribution in [0.3, 0.4) is 0 Å². The Morgan fingerprint density at radius 3 is 3.00 bits per heavy atom. The first-order valence-electron chi connectivity index (χ1n) is 5.17. The number of allylic oxidation sites excluding steroid dienone is 1. The molecular weight excluding hydrogens is 178 g/mol. The van der Waals surface area contributed by atoms with Gasteiger partial charge >= 0.3 is 0 Å². The first-order valence-corrected chi connectivity index (χ1v) is 5.17. The van der Waals surface area contributed by atoms with Crippen molar-refractivity contribution in [2.75, 3.05) is 13.1 Å². The van der Waals surface area contributed by atoms with Crippen LogP contribution in [0, 0.1) is 0 Å². The Balaban J connectivity index is 0.000000140. The summed E-state index contributed by atoms with van der Waals surface area (Å²) in [7, 11) is 0. The van der Waals surface area contributed by atoms with Crippen molar-refractivity contribution in [1.29, 1.82) is 0 Å². The molecule has 0 radical (unpaired) electrons. The molecule has 0 spiro atoms. The zero-order valence-corrected chi connectivity index (χ0v) is 8.46. The third-order valence-electron chi connectivity index (χ3n) is 1.91. The fraction of sp³-hybridized carbons (Fsp3) is 0.600. The summed E-state index contributed by atoms with van der Waals surface area (Å²) >= 11 is 0. The van der Waals surface area contributed by atoms with Crippen molar-refractivity contribution in [1.82, 2.24) is 16.3 Å². The van der Waals surface area contributed by atoms with Crippen molar-refractivity contribution < 1.29 is 4.84 Å². The molecule has 0 amide bonds. The minimum absolute atomic E-state index is 0.927. The Bertz CT molecular complexity index is 144. The molecule has 3 N–H and O–H groups in total. The molecular formula is C10H19N3O. The minimum Gasteiger partial charge on any atom is -0.402 e. The molecule has 2 rings (SSSR count). The van der Waals surface area contributed by atoms with Crippen LogP contribution in [0.5, 0.6) is 0 Å². The van der Waals surface area contributed by atoms with E-state index < -0.39 is 0 Å². The van der Waals surface area contributed by atoms with Gasteiger partial charge in [0.25, 0.3) is 0 Å². The second-order valence-corrected chi connectivity index (χ2v) is 3.16. The maximum atomic E-state index is 4.65. The van der Waals surface area contributed by atoms with E-state index in [2.05, 4.69) is 27.2 Å². The standard InChI is InChI=1S/C6H11N.C4H8N2O/c1-2-4-6-7-5-3-1;1-2-4-7-6-5-3-1/h3,5,7H,1-2,4,6H2;2,4-6H,1,3H2. The van der Waals surface area contributed by atoms with Gasteiger partial charge in [-0.1, -0.05) is 11.7 Å². The third-order valence-corrected chi connectivity index (χ3v) is 1.91. The van der Waals surface area contributed by atoms with Gasteiger partial charge in [0.2, 0.25) is 0 Å². The summed E-state index contributed by atoms with van der Waals surface area (Å²) in [6, 6.07) is 0. The highest BCUT2D eigenvalue weighted by atomic mass is 16.7. The molecule has 4 nitrogen and oxygen atoms in total. The molecule has 0 saturated heterocycles. The number of hydrogen-bond acceptors (Lipinski definition) is 4. The van der Waals surface area contributed by atoms with Crippen LogP contribution in [0.1, 0.15) is 25.7 Å².